The molecule has 0 radical (unpaired) electrons. The van der Waals surface area contributed by atoms with Crippen LogP contribution in [0.25, 0.3) is 0 Å². The fraction of sp³-hybridized carbons (Fsp3) is 0.500. The predicted molar refractivity (Wildman–Crippen MR) is 30.0 cm³/mol. The lowest BCUT2D eigenvalue weighted by Crippen LogP contribution is -2.29. The molecule has 0 aliphatic rings. The highest BCUT2D eigenvalue weighted by Gasteiger charge is 2.12. The van der Waals surface area contributed by atoms with E-state index < -0.39 is 20.2 Å². The van der Waals surface area contributed by atoms with E-state index in [-0.39, 0.29) is 0 Å². The van der Waals surface area contributed by atoms with Gasteiger partial charge in [-0.2, -0.15) is 0 Å². The SMILES string of the molecule is O=C(CNP(=O)(O)O)NO. The van der Waals surface area contributed by atoms with Crippen molar-refractivity contribution in [2.24, 2.45) is 0 Å². The van der Waals surface area contributed by atoms with Gasteiger partial charge in [-0.3, -0.25) is 10.0 Å². The Bertz CT molecular complexity index is 163. The van der Waals surface area contributed by atoms with Crippen molar-refractivity contribution in [1.29, 1.82) is 0 Å². The highest BCUT2D eigenvalue weighted by atomic mass is 31.2. The first kappa shape index (κ1) is 9.54. The zero-order valence-electron chi connectivity index (χ0n) is 4.81. The second kappa shape index (κ2) is 3.65. The lowest BCUT2D eigenvalue weighted by molar-refractivity contribution is -0.128. The van der Waals surface area contributed by atoms with Gasteiger partial charge < -0.3 is 9.79 Å². The fourth-order valence-electron chi connectivity index (χ4n) is 0.214. The first-order valence-electron chi connectivity index (χ1n) is 2.19. The third-order valence-electron chi connectivity index (χ3n) is 0.570. The summed E-state index contributed by atoms with van der Waals surface area (Å²) in [6.45, 7) is -0.624. The first-order valence-corrected chi connectivity index (χ1v) is 3.80. The molecule has 0 fully saturated rings. The molecule has 0 aromatic carbocycles. The molecule has 0 aromatic heterocycles. The maximum Gasteiger partial charge on any atom is 0.400 e. The van der Waals surface area contributed by atoms with Crippen molar-refractivity contribution in [3.8, 4) is 0 Å². The van der Waals surface area contributed by atoms with Gasteiger partial charge in [0.2, 0.25) is 0 Å². The van der Waals surface area contributed by atoms with Crippen LogP contribution in [-0.2, 0) is 9.36 Å². The van der Waals surface area contributed by atoms with E-state index in [2.05, 4.69) is 0 Å². The van der Waals surface area contributed by atoms with E-state index in [1.54, 1.807) is 5.09 Å². The number of amides is 1. The molecule has 8 heteroatoms. The lowest BCUT2D eigenvalue weighted by atomic mass is 10.7. The van der Waals surface area contributed by atoms with Gasteiger partial charge in [0, 0.05) is 0 Å². The molecule has 0 unspecified atom stereocenters. The smallest absolute Gasteiger partial charge is 0.313 e. The molecule has 0 saturated heterocycles. The average Bonchev–Trinajstić information content (AvgIpc) is 1.81. The summed E-state index contributed by atoms with van der Waals surface area (Å²) in [5, 5.41) is 9.41. The van der Waals surface area contributed by atoms with Gasteiger partial charge in [-0.1, -0.05) is 0 Å². The van der Waals surface area contributed by atoms with Crippen LogP contribution < -0.4 is 10.6 Å². The third kappa shape index (κ3) is 5.67. The van der Waals surface area contributed by atoms with Gasteiger partial charge in [-0.05, 0) is 0 Å². The first-order chi connectivity index (χ1) is 4.45. The molecule has 60 valence electrons. The van der Waals surface area contributed by atoms with Crippen molar-refractivity contribution in [2.45, 2.75) is 0 Å². The van der Waals surface area contributed by atoms with E-state index in [1.165, 1.54) is 5.48 Å². The second-order valence-electron chi connectivity index (χ2n) is 1.41. The highest BCUT2D eigenvalue weighted by Crippen LogP contribution is 2.26. The van der Waals surface area contributed by atoms with Crippen molar-refractivity contribution < 1.29 is 24.4 Å². The van der Waals surface area contributed by atoms with Gasteiger partial charge in [-0.15, -0.1) is 0 Å². The van der Waals surface area contributed by atoms with Crippen molar-refractivity contribution >= 4 is 13.7 Å². The molecule has 0 bridgehead atoms. The predicted octanol–water partition coefficient (Wildman–Crippen LogP) is -1.83. The van der Waals surface area contributed by atoms with Gasteiger partial charge >= 0.3 is 7.75 Å². The van der Waals surface area contributed by atoms with Crippen LogP contribution >= 0.6 is 7.75 Å². The zero-order chi connectivity index (χ0) is 8.20. The molecule has 5 N–H and O–H groups in total. The number of hydroxylamine groups is 1. The summed E-state index contributed by atoms with van der Waals surface area (Å²) < 4.78 is 9.97. The highest BCUT2D eigenvalue weighted by molar-refractivity contribution is 7.49. The minimum atomic E-state index is -4.35. The fourth-order valence-corrected chi connectivity index (χ4v) is 0.564. The molecule has 0 spiro atoms. The van der Waals surface area contributed by atoms with Crippen LogP contribution in [0.2, 0.25) is 0 Å². The molecule has 0 aliphatic carbocycles. The minimum absolute atomic E-state index is 0.624. The summed E-state index contributed by atoms with van der Waals surface area (Å²) in [5.41, 5.74) is 1.19. The molecule has 10 heavy (non-hydrogen) atoms. The van der Waals surface area contributed by atoms with Crippen LogP contribution in [0.5, 0.6) is 0 Å². The largest absolute Gasteiger partial charge is 0.400 e. The number of carbonyl (C=O) groups is 1. The zero-order valence-corrected chi connectivity index (χ0v) is 5.71. The van der Waals surface area contributed by atoms with Gasteiger partial charge in [0.1, 0.15) is 0 Å². The maximum absolute atomic E-state index is 10.1. The van der Waals surface area contributed by atoms with Crippen LogP contribution in [0.15, 0.2) is 0 Å². The number of rotatable bonds is 3. The van der Waals surface area contributed by atoms with Crippen LogP contribution in [-0.4, -0.2) is 27.4 Å². The standard InChI is InChI=1S/C2H7N2O5P/c5-2(4-6)1-3-10(7,8)9/h6H,1H2,(H,4,5)(H3,3,7,8,9). The molecule has 0 heterocycles. The van der Waals surface area contributed by atoms with Gasteiger partial charge in [-0.25, -0.2) is 15.1 Å². The summed E-state index contributed by atoms with van der Waals surface area (Å²) in [6, 6.07) is 0. The summed E-state index contributed by atoms with van der Waals surface area (Å²) in [6.07, 6.45) is 0. The van der Waals surface area contributed by atoms with Crippen LogP contribution in [0.4, 0.5) is 0 Å². The monoisotopic (exact) mass is 170 g/mol. The summed E-state index contributed by atoms with van der Waals surface area (Å²) >= 11 is 0. The summed E-state index contributed by atoms with van der Waals surface area (Å²) in [5.74, 6) is -0.914. The molecule has 0 atom stereocenters. The van der Waals surface area contributed by atoms with Crippen LogP contribution in [0, 0.1) is 0 Å². The quantitative estimate of drug-likeness (QED) is 0.193. The number of hydrogen-bond acceptors (Lipinski definition) is 3. The minimum Gasteiger partial charge on any atom is -0.313 e. The lowest BCUT2D eigenvalue weighted by Gasteiger charge is -2.02. The molecular formula is C2H7N2O5P. The molecule has 0 aliphatic heterocycles. The Morgan fingerprint density at radius 2 is 2.00 bits per heavy atom. The second-order valence-corrected chi connectivity index (χ2v) is 2.82. The van der Waals surface area contributed by atoms with Crippen molar-refractivity contribution in [2.75, 3.05) is 6.54 Å². The van der Waals surface area contributed by atoms with Crippen molar-refractivity contribution in [3.05, 3.63) is 0 Å². The van der Waals surface area contributed by atoms with Crippen LogP contribution in [0.1, 0.15) is 0 Å². The Morgan fingerprint density at radius 3 is 2.30 bits per heavy atom. The molecule has 0 aromatic rings. The Hall–Kier alpha value is -0.460. The normalized spacial score (nSPS) is 11.1. The maximum atomic E-state index is 10.1. The third-order valence-corrected chi connectivity index (χ3v) is 1.14. The topological polar surface area (TPSA) is 119 Å². The van der Waals surface area contributed by atoms with Crippen LogP contribution in [0.3, 0.4) is 0 Å². The van der Waals surface area contributed by atoms with Crippen molar-refractivity contribution in [3.63, 3.8) is 0 Å². The van der Waals surface area contributed by atoms with Gasteiger partial charge in [0.05, 0.1) is 6.54 Å². The average molecular weight is 170 g/mol. The van der Waals surface area contributed by atoms with E-state index in [9.17, 15) is 9.36 Å². The van der Waals surface area contributed by atoms with E-state index in [0.717, 1.165) is 0 Å². The molecule has 7 nitrogen and oxygen atoms in total. The number of carbonyl (C=O) groups excluding carboxylic acids is 1. The molecule has 0 saturated carbocycles. The van der Waals surface area contributed by atoms with Gasteiger partial charge in [0.25, 0.3) is 5.91 Å². The molecular weight excluding hydrogens is 163 g/mol. The summed E-state index contributed by atoms with van der Waals surface area (Å²) in [7, 11) is -4.35. The molecule has 1 amide bonds. The Morgan fingerprint density at radius 1 is 1.50 bits per heavy atom. The Labute approximate surface area is 56.2 Å². The van der Waals surface area contributed by atoms with E-state index in [1.807, 2.05) is 0 Å². The van der Waals surface area contributed by atoms with Gasteiger partial charge in [0.15, 0.2) is 0 Å². The summed E-state index contributed by atoms with van der Waals surface area (Å²) in [4.78, 5) is 26.3. The van der Waals surface area contributed by atoms with E-state index >= 15 is 0 Å². The van der Waals surface area contributed by atoms with Crippen molar-refractivity contribution in [1.82, 2.24) is 10.6 Å². The Kier molecular flexibility index (Phi) is 3.48. The molecule has 0 rings (SSSR count). The van der Waals surface area contributed by atoms with E-state index in [4.69, 9.17) is 15.0 Å². The number of nitrogens with one attached hydrogen (secondary N) is 2. The Balaban J connectivity index is 3.56. The van der Waals surface area contributed by atoms with E-state index in [0.29, 0.717) is 0 Å². The number of hydrogen-bond donors (Lipinski definition) is 5.